The van der Waals surface area contributed by atoms with Crippen molar-refractivity contribution in [2.75, 3.05) is 34.4 Å². The van der Waals surface area contributed by atoms with E-state index in [4.69, 9.17) is 33.3 Å². The van der Waals surface area contributed by atoms with Crippen LogP contribution < -0.4 is 10.1 Å². The molecular formula is C13H19ClN2O2S. The molecule has 0 bridgehead atoms. The second-order valence-electron chi connectivity index (χ2n) is 4.04. The Labute approximate surface area is 124 Å². The summed E-state index contributed by atoms with van der Waals surface area (Å²) in [4.78, 5) is 1.93. The normalized spacial score (nSPS) is 10.1. The van der Waals surface area contributed by atoms with Gasteiger partial charge in [-0.2, -0.15) is 0 Å². The van der Waals surface area contributed by atoms with E-state index in [9.17, 15) is 0 Å². The minimum absolute atomic E-state index is 0.620. The summed E-state index contributed by atoms with van der Waals surface area (Å²) in [6, 6.07) is 5.54. The van der Waals surface area contributed by atoms with Crippen LogP contribution >= 0.6 is 23.8 Å². The van der Waals surface area contributed by atoms with Crippen LogP contribution in [0.2, 0.25) is 5.02 Å². The summed E-state index contributed by atoms with van der Waals surface area (Å²) in [6.45, 7) is 1.93. The van der Waals surface area contributed by atoms with Gasteiger partial charge in [0.15, 0.2) is 5.11 Å². The smallest absolute Gasteiger partial charge is 0.169 e. The maximum absolute atomic E-state index is 6.00. The van der Waals surface area contributed by atoms with Gasteiger partial charge in [0, 0.05) is 37.8 Å². The number of nitrogens with one attached hydrogen (secondary N) is 1. The Morgan fingerprint density at radius 3 is 2.79 bits per heavy atom. The highest BCUT2D eigenvalue weighted by Gasteiger charge is 2.09. The van der Waals surface area contributed by atoms with Crippen LogP contribution in [0.4, 0.5) is 0 Å². The predicted octanol–water partition coefficient (Wildman–Crippen LogP) is 2.30. The molecule has 0 saturated carbocycles. The summed E-state index contributed by atoms with van der Waals surface area (Å²) in [6.07, 6.45) is 0. The van der Waals surface area contributed by atoms with Gasteiger partial charge in [-0.3, -0.25) is 0 Å². The molecule has 0 spiro atoms. The lowest BCUT2D eigenvalue weighted by molar-refractivity contribution is 0.203. The van der Waals surface area contributed by atoms with Crippen molar-refractivity contribution in [1.82, 2.24) is 10.2 Å². The van der Waals surface area contributed by atoms with Crippen molar-refractivity contribution in [3.05, 3.63) is 28.8 Å². The molecule has 1 N–H and O–H groups in total. The van der Waals surface area contributed by atoms with Crippen molar-refractivity contribution in [3.63, 3.8) is 0 Å². The van der Waals surface area contributed by atoms with E-state index in [1.165, 1.54) is 0 Å². The molecule has 0 atom stereocenters. The molecule has 4 nitrogen and oxygen atoms in total. The second kappa shape index (κ2) is 8.19. The standard InChI is InChI=1S/C13H19ClN2O2S/c1-16(13(19)15-6-7-17-2)9-10-8-11(14)4-5-12(10)18-3/h4-5,8H,6-7,9H2,1-3H3,(H,15,19). The SMILES string of the molecule is COCCNC(=S)N(C)Cc1cc(Cl)ccc1OC. The maximum Gasteiger partial charge on any atom is 0.169 e. The average Bonchev–Trinajstić information content (AvgIpc) is 2.39. The number of ether oxygens (including phenoxy) is 2. The first-order valence-corrected chi connectivity index (χ1v) is 6.67. The molecule has 6 heteroatoms. The third kappa shape index (κ3) is 5.22. The first-order chi connectivity index (χ1) is 9.08. The molecule has 19 heavy (non-hydrogen) atoms. The second-order valence-corrected chi connectivity index (χ2v) is 4.86. The van der Waals surface area contributed by atoms with Crippen LogP contribution in [0.25, 0.3) is 0 Å². The van der Waals surface area contributed by atoms with Gasteiger partial charge in [-0.05, 0) is 30.4 Å². The van der Waals surface area contributed by atoms with Crippen LogP contribution in [-0.4, -0.2) is 44.4 Å². The summed E-state index contributed by atoms with van der Waals surface area (Å²) < 4.78 is 10.3. The van der Waals surface area contributed by atoms with Gasteiger partial charge in [0.25, 0.3) is 0 Å². The Bertz CT molecular complexity index is 429. The van der Waals surface area contributed by atoms with Crippen molar-refractivity contribution in [3.8, 4) is 5.75 Å². The molecule has 106 valence electrons. The van der Waals surface area contributed by atoms with Gasteiger partial charge < -0.3 is 19.7 Å². The third-order valence-electron chi connectivity index (χ3n) is 2.58. The van der Waals surface area contributed by atoms with Crippen LogP contribution in [0.15, 0.2) is 18.2 Å². The highest BCUT2D eigenvalue weighted by Crippen LogP contribution is 2.23. The van der Waals surface area contributed by atoms with E-state index in [0.717, 1.165) is 11.3 Å². The first-order valence-electron chi connectivity index (χ1n) is 5.88. The lowest BCUT2D eigenvalue weighted by Gasteiger charge is -2.22. The zero-order valence-electron chi connectivity index (χ0n) is 11.4. The van der Waals surface area contributed by atoms with Crippen LogP contribution in [0.5, 0.6) is 5.75 Å². The van der Waals surface area contributed by atoms with E-state index in [0.29, 0.717) is 29.8 Å². The molecule has 0 heterocycles. The number of hydrogen-bond acceptors (Lipinski definition) is 3. The minimum atomic E-state index is 0.620. The quantitative estimate of drug-likeness (QED) is 0.644. The number of rotatable bonds is 6. The lowest BCUT2D eigenvalue weighted by Crippen LogP contribution is -2.38. The molecule has 0 radical (unpaired) electrons. The lowest BCUT2D eigenvalue weighted by atomic mass is 10.2. The van der Waals surface area contributed by atoms with E-state index in [1.54, 1.807) is 20.3 Å². The predicted molar refractivity (Wildman–Crippen MR) is 81.9 cm³/mol. The monoisotopic (exact) mass is 302 g/mol. The molecule has 0 aliphatic carbocycles. The Kier molecular flexibility index (Phi) is 6.91. The number of thiocarbonyl (C=S) groups is 1. The summed E-state index contributed by atoms with van der Waals surface area (Å²) in [5.74, 6) is 0.802. The molecular weight excluding hydrogens is 284 g/mol. The van der Waals surface area contributed by atoms with Gasteiger partial charge >= 0.3 is 0 Å². The van der Waals surface area contributed by atoms with Gasteiger partial charge in [0.1, 0.15) is 5.75 Å². The van der Waals surface area contributed by atoms with Gasteiger partial charge in [-0.15, -0.1) is 0 Å². The molecule has 1 aromatic rings. The number of benzene rings is 1. The summed E-state index contributed by atoms with van der Waals surface area (Å²) in [7, 11) is 5.22. The zero-order valence-corrected chi connectivity index (χ0v) is 13.0. The van der Waals surface area contributed by atoms with Crippen LogP contribution in [0.3, 0.4) is 0 Å². The summed E-state index contributed by atoms with van der Waals surface area (Å²) in [5, 5.41) is 4.46. The van der Waals surface area contributed by atoms with Gasteiger partial charge in [-0.25, -0.2) is 0 Å². The molecule has 1 aromatic carbocycles. The fourth-order valence-electron chi connectivity index (χ4n) is 1.59. The molecule has 0 unspecified atom stereocenters. The Morgan fingerprint density at radius 2 is 2.16 bits per heavy atom. The van der Waals surface area contributed by atoms with Gasteiger partial charge in [-0.1, -0.05) is 11.6 Å². The summed E-state index contributed by atoms with van der Waals surface area (Å²) >= 11 is 11.3. The van der Waals surface area contributed by atoms with Gasteiger partial charge in [0.2, 0.25) is 0 Å². The minimum Gasteiger partial charge on any atom is -0.496 e. The van der Waals surface area contributed by atoms with E-state index in [2.05, 4.69) is 5.32 Å². The van der Waals surface area contributed by atoms with Crippen molar-refractivity contribution in [2.45, 2.75) is 6.54 Å². The topological polar surface area (TPSA) is 33.7 Å². The highest BCUT2D eigenvalue weighted by molar-refractivity contribution is 7.80. The van der Waals surface area contributed by atoms with Gasteiger partial charge in [0.05, 0.1) is 13.7 Å². The highest BCUT2D eigenvalue weighted by atomic mass is 35.5. The zero-order chi connectivity index (χ0) is 14.3. The molecule has 0 aromatic heterocycles. The fourth-order valence-corrected chi connectivity index (χ4v) is 1.95. The molecule has 0 fully saturated rings. The molecule has 0 saturated heterocycles. The Balaban J connectivity index is 2.62. The number of hydrogen-bond donors (Lipinski definition) is 1. The van der Waals surface area contributed by atoms with E-state index in [1.807, 2.05) is 24.1 Å². The molecule has 0 amide bonds. The van der Waals surface area contributed by atoms with E-state index in [-0.39, 0.29) is 0 Å². The maximum atomic E-state index is 6.00. The van der Waals surface area contributed by atoms with Crippen molar-refractivity contribution in [2.24, 2.45) is 0 Å². The van der Waals surface area contributed by atoms with Crippen LogP contribution in [0, 0.1) is 0 Å². The molecule has 0 aliphatic rings. The molecule has 1 rings (SSSR count). The van der Waals surface area contributed by atoms with Crippen LogP contribution in [0.1, 0.15) is 5.56 Å². The van der Waals surface area contributed by atoms with Crippen LogP contribution in [-0.2, 0) is 11.3 Å². The third-order valence-corrected chi connectivity index (χ3v) is 3.27. The fraction of sp³-hybridized carbons (Fsp3) is 0.462. The number of methoxy groups -OCH3 is 2. The van der Waals surface area contributed by atoms with Crippen molar-refractivity contribution >= 4 is 28.9 Å². The van der Waals surface area contributed by atoms with E-state index < -0.39 is 0 Å². The Morgan fingerprint density at radius 1 is 1.42 bits per heavy atom. The average molecular weight is 303 g/mol. The first kappa shape index (κ1) is 16.0. The van der Waals surface area contributed by atoms with E-state index >= 15 is 0 Å². The van der Waals surface area contributed by atoms with Crippen molar-refractivity contribution in [1.29, 1.82) is 0 Å². The molecule has 0 aliphatic heterocycles. The number of halogens is 1. The Hall–Kier alpha value is -1.04. The van der Waals surface area contributed by atoms with Crippen molar-refractivity contribution < 1.29 is 9.47 Å². The summed E-state index contributed by atoms with van der Waals surface area (Å²) in [5.41, 5.74) is 0.994. The number of nitrogens with zero attached hydrogens (tertiary/aromatic N) is 1. The largest absolute Gasteiger partial charge is 0.496 e.